The molecule has 7 nitrogen and oxygen atoms in total. The van der Waals surface area contributed by atoms with Crippen LogP contribution in [0.2, 0.25) is 0 Å². The van der Waals surface area contributed by atoms with E-state index >= 15 is 0 Å². The second-order valence-electron chi connectivity index (χ2n) is 7.45. The van der Waals surface area contributed by atoms with Gasteiger partial charge in [0, 0.05) is 44.6 Å². The van der Waals surface area contributed by atoms with Crippen LogP contribution >= 0.6 is 11.5 Å². The fourth-order valence-corrected chi connectivity index (χ4v) is 4.03. The number of methoxy groups -OCH3 is 2. The van der Waals surface area contributed by atoms with E-state index in [1.807, 2.05) is 61.5 Å². The lowest BCUT2D eigenvalue weighted by Gasteiger charge is -2.21. The van der Waals surface area contributed by atoms with Gasteiger partial charge in [-0.2, -0.15) is 4.37 Å². The first-order chi connectivity index (χ1) is 15.6. The van der Waals surface area contributed by atoms with Gasteiger partial charge in [0.15, 0.2) is 0 Å². The van der Waals surface area contributed by atoms with Crippen LogP contribution in [0, 0.1) is 0 Å². The molecule has 1 N–H and O–H groups in total. The third-order valence-corrected chi connectivity index (χ3v) is 5.89. The Labute approximate surface area is 193 Å². The van der Waals surface area contributed by atoms with Gasteiger partial charge >= 0.3 is 0 Å². The third kappa shape index (κ3) is 7.03. The van der Waals surface area contributed by atoms with Crippen LogP contribution in [0.25, 0.3) is 0 Å². The average molecular weight is 455 g/mol. The van der Waals surface area contributed by atoms with Crippen molar-refractivity contribution in [3.8, 4) is 5.75 Å². The molecule has 2 aromatic carbocycles. The summed E-state index contributed by atoms with van der Waals surface area (Å²) in [6.45, 7) is 3.73. The minimum atomic E-state index is -0.0351. The summed E-state index contributed by atoms with van der Waals surface area (Å²) in [7, 11) is 3.32. The molecule has 0 spiro atoms. The van der Waals surface area contributed by atoms with E-state index in [9.17, 15) is 4.79 Å². The molecule has 1 amide bonds. The van der Waals surface area contributed by atoms with Crippen molar-refractivity contribution >= 4 is 22.6 Å². The standard InChI is InChI=1S/C24H30N4O3S/c1-18(20-9-5-4-6-10-20)25-23(29)12-13-28(14-15-30-2)24-26-22(27-32-24)17-19-8-7-11-21(16-19)31-3/h4-11,16,18H,12-15,17H2,1-3H3,(H,25,29). The van der Waals surface area contributed by atoms with Crippen LogP contribution in [-0.4, -0.2) is 49.2 Å². The van der Waals surface area contributed by atoms with Gasteiger partial charge in [0.25, 0.3) is 0 Å². The lowest BCUT2D eigenvalue weighted by Crippen LogP contribution is -2.33. The van der Waals surface area contributed by atoms with Gasteiger partial charge in [0.2, 0.25) is 11.0 Å². The summed E-state index contributed by atoms with van der Waals surface area (Å²) in [5, 5.41) is 3.86. The summed E-state index contributed by atoms with van der Waals surface area (Å²) in [6, 6.07) is 17.8. The fraction of sp³-hybridized carbons (Fsp3) is 0.375. The van der Waals surface area contributed by atoms with Crippen LogP contribution < -0.4 is 15.0 Å². The third-order valence-electron chi connectivity index (χ3n) is 5.08. The van der Waals surface area contributed by atoms with Crippen molar-refractivity contribution < 1.29 is 14.3 Å². The van der Waals surface area contributed by atoms with E-state index in [2.05, 4.69) is 14.6 Å². The Balaban J connectivity index is 1.59. The van der Waals surface area contributed by atoms with E-state index in [4.69, 9.17) is 14.5 Å². The number of carbonyl (C=O) groups is 1. The number of aromatic nitrogens is 2. The number of nitrogens with one attached hydrogen (secondary N) is 1. The van der Waals surface area contributed by atoms with Gasteiger partial charge in [0.05, 0.1) is 19.8 Å². The summed E-state index contributed by atoms with van der Waals surface area (Å²) < 4.78 is 15.1. The smallest absolute Gasteiger partial charge is 0.222 e. The van der Waals surface area contributed by atoms with E-state index in [1.165, 1.54) is 11.5 Å². The number of nitrogens with zero attached hydrogens (tertiary/aromatic N) is 3. The number of amides is 1. The highest BCUT2D eigenvalue weighted by Crippen LogP contribution is 2.21. The van der Waals surface area contributed by atoms with Crippen molar-refractivity contribution in [2.24, 2.45) is 0 Å². The maximum absolute atomic E-state index is 12.5. The van der Waals surface area contributed by atoms with Crippen molar-refractivity contribution in [2.75, 3.05) is 38.8 Å². The Hall–Kier alpha value is -2.97. The fourth-order valence-electron chi connectivity index (χ4n) is 3.29. The lowest BCUT2D eigenvalue weighted by molar-refractivity contribution is -0.121. The molecule has 170 valence electrons. The van der Waals surface area contributed by atoms with Crippen molar-refractivity contribution in [3.63, 3.8) is 0 Å². The average Bonchev–Trinajstić information content (AvgIpc) is 3.28. The molecular weight excluding hydrogens is 424 g/mol. The van der Waals surface area contributed by atoms with Crippen LogP contribution in [0.5, 0.6) is 5.75 Å². The van der Waals surface area contributed by atoms with E-state index in [1.54, 1.807) is 14.2 Å². The van der Waals surface area contributed by atoms with Gasteiger partial charge < -0.3 is 19.7 Å². The molecule has 3 rings (SSSR count). The van der Waals surface area contributed by atoms with Crippen LogP contribution in [0.4, 0.5) is 5.13 Å². The molecular formula is C24H30N4O3S. The molecule has 0 saturated heterocycles. The molecule has 0 aliphatic heterocycles. The highest BCUT2D eigenvalue weighted by Gasteiger charge is 2.16. The molecule has 1 unspecified atom stereocenters. The molecule has 3 aromatic rings. The molecule has 0 fully saturated rings. The van der Waals surface area contributed by atoms with Gasteiger partial charge in [-0.25, -0.2) is 4.98 Å². The Morgan fingerprint density at radius 2 is 1.94 bits per heavy atom. The quantitative estimate of drug-likeness (QED) is 0.448. The summed E-state index contributed by atoms with van der Waals surface area (Å²) in [6.07, 6.45) is 0.993. The number of carbonyl (C=O) groups excluding carboxylic acids is 1. The summed E-state index contributed by atoms with van der Waals surface area (Å²) >= 11 is 1.35. The number of rotatable bonds is 12. The Morgan fingerprint density at radius 3 is 2.69 bits per heavy atom. The topological polar surface area (TPSA) is 76.6 Å². The predicted molar refractivity (Wildman–Crippen MR) is 127 cm³/mol. The Kier molecular flexibility index (Phi) is 9.01. The minimum absolute atomic E-state index is 0.00453. The largest absolute Gasteiger partial charge is 0.497 e. The SMILES string of the molecule is COCCN(CCC(=O)NC(C)c1ccccc1)c1nc(Cc2cccc(OC)c2)ns1. The number of ether oxygens (including phenoxy) is 2. The monoisotopic (exact) mass is 454 g/mol. The van der Waals surface area contributed by atoms with Crippen LogP contribution in [-0.2, 0) is 16.0 Å². The normalized spacial score (nSPS) is 11.7. The summed E-state index contributed by atoms with van der Waals surface area (Å²) in [5.41, 5.74) is 2.18. The van der Waals surface area contributed by atoms with E-state index in [0.29, 0.717) is 32.5 Å². The minimum Gasteiger partial charge on any atom is -0.497 e. The first-order valence-electron chi connectivity index (χ1n) is 10.6. The zero-order valence-corrected chi connectivity index (χ0v) is 19.6. The van der Waals surface area contributed by atoms with E-state index in [0.717, 1.165) is 27.8 Å². The first-order valence-corrected chi connectivity index (χ1v) is 11.4. The summed E-state index contributed by atoms with van der Waals surface area (Å²) in [5.74, 6) is 1.57. The predicted octanol–water partition coefficient (Wildman–Crippen LogP) is 3.86. The van der Waals surface area contributed by atoms with Crippen molar-refractivity contribution in [3.05, 3.63) is 71.5 Å². The molecule has 8 heteroatoms. The van der Waals surface area contributed by atoms with E-state index < -0.39 is 0 Å². The van der Waals surface area contributed by atoms with Gasteiger partial charge in [-0.05, 0) is 30.2 Å². The van der Waals surface area contributed by atoms with Crippen molar-refractivity contribution in [1.82, 2.24) is 14.7 Å². The molecule has 1 atom stereocenters. The first kappa shape index (κ1) is 23.7. The number of hydrogen-bond acceptors (Lipinski definition) is 7. The molecule has 0 aliphatic carbocycles. The zero-order valence-electron chi connectivity index (χ0n) is 18.8. The van der Waals surface area contributed by atoms with Crippen molar-refractivity contribution in [2.45, 2.75) is 25.8 Å². The number of anilines is 1. The highest BCUT2D eigenvalue weighted by atomic mass is 32.1. The van der Waals surface area contributed by atoms with Crippen LogP contribution in [0.15, 0.2) is 54.6 Å². The molecule has 0 radical (unpaired) electrons. The van der Waals surface area contributed by atoms with Gasteiger partial charge in [-0.15, -0.1) is 0 Å². The Morgan fingerprint density at radius 1 is 1.12 bits per heavy atom. The van der Waals surface area contributed by atoms with E-state index in [-0.39, 0.29) is 11.9 Å². The molecule has 1 heterocycles. The van der Waals surface area contributed by atoms with Crippen LogP contribution in [0.1, 0.15) is 36.3 Å². The summed E-state index contributed by atoms with van der Waals surface area (Å²) in [4.78, 5) is 19.3. The van der Waals surface area contributed by atoms with Gasteiger partial charge in [-0.3, -0.25) is 4.79 Å². The lowest BCUT2D eigenvalue weighted by atomic mass is 10.1. The van der Waals surface area contributed by atoms with Gasteiger partial charge in [0.1, 0.15) is 11.6 Å². The number of benzene rings is 2. The van der Waals surface area contributed by atoms with Crippen molar-refractivity contribution in [1.29, 1.82) is 0 Å². The molecule has 32 heavy (non-hydrogen) atoms. The molecule has 0 bridgehead atoms. The van der Waals surface area contributed by atoms with Gasteiger partial charge in [-0.1, -0.05) is 42.5 Å². The molecule has 0 saturated carbocycles. The molecule has 0 aliphatic rings. The maximum atomic E-state index is 12.5. The second kappa shape index (κ2) is 12.2. The maximum Gasteiger partial charge on any atom is 0.222 e. The molecule has 1 aromatic heterocycles. The zero-order chi connectivity index (χ0) is 22.8. The van der Waals surface area contributed by atoms with Crippen LogP contribution in [0.3, 0.4) is 0 Å². The highest BCUT2D eigenvalue weighted by molar-refractivity contribution is 7.09. The Bertz CT molecular complexity index is 980. The number of hydrogen-bond donors (Lipinski definition) is 1. The second-order valence-corrected chi connectivity index (χ2v) is 8.18.